The minimum atomic E-state index is -3.67. The van der Waals surface area contributed by atoms with E-state index in [0.29, 0.717) is 17.8 Å². The first-order valence-corrected chi connectivity index (χ1v) is 7.75. The van der Waals surface area contributed by atoms with E-state index in [-0.39, 0.29) is 4.90 Å². The summed E-state index contributed by atoms with van der Waals surface area (Å²) in [6.07, 6.45) is 0.293. The second-order valence-corrected chi connectivity index (χ2v) is 6.34. The van der Waals surface area contributed by atoms with Crippen molar-refractivity contribution in [3.8, 4) is 6.07 Å². The topological polar surface area (TPSA) is 96.0 Å². The van der Waals surface area contributed by atoms with Crippen molar-refractivity contribution in [3.63, 3.8) is 0 Å². The number of nitrogens with two attached hydrogens (primary N) is 1. The Morgan fingerprint density at radius 2 is 1.86 bits per heavy atom. The number of nitrogens with zero attached hydrogens (tertiary/aromatic N) is 1. The van der Waals surface area contributed by atoms with Crippen molar-refractivity contribution >= 4 is 21.4 Å². The number of benzene rings is 2. The van der Waals surface area contributed by atoms with E-state index in [1.165, 1.54) is 12.1 Å². The largest absolute Gasteiger partial charge is 0.398 e. The number of hydrogen-bond donors (Lipinski definition) is 2. The molecule has 0 aliphatic carbocycles. The van der Waals surface area contributed by atoms with Gasteiger partial charge in [-0.3, -0.25) is 4.72 Å². The second-order valence-electron chi connectivity index (χ2n) is 4.66. The molecule has 0 aliphatic heterocycles. The molecule has 0 unspecified atom stereocenters. The highest BCUT2D eigenvalue weighted by Crippen LogP contribution is 2.20. The Morgan fingerprint density at radius 3 is 2.43 bits per heavy atom. The number of nitriles is 1. The van der Waals surface area contributed by atoms with Crippen LogP contribution in [0.3, 0.4) is 0 Å². The first-order chi connectivity index (χ1) is 9.92. The first kappa shape index (κ1) is 14.9. The molecule has 0 aliphatic rings. The van der Waals surface area contributed by atoms with Crippen molar-refractivity contribution in [2.75, 3.05) is 10.5 Å². The predicted molar refractivity (Wildman–Crippen MR) is 82.2 cm³/mol. The Bertz CT molecular complexity index is 791. The number of nitrogen functional groups attached to an aromatic ring is 1. The molecular formula is C15H15N3O2S. The van der Waals surface area contributed by atoms with Crippen molar-refractivity contribution < 1.29 is 8.42 Å². The maximum Gasteiger partial charge on any atom is 0.261 e. The Morgan fingerprint density at radius 1 is 1.19 bits per heavy atom. The molecule has 0 saturated carbocycles. The van der Waals surface area contributed by atoms with Crippen molar-refractivity contribution in [1.29, 1.82) is 5.26 Å². The van der Waals surface area contributed by atoms with Gasteiger partial charge in [-0.1, -0.05) is 18.2 Å². The molecule has 0 saturated heterocycles. The lowest BCUT2D eigenvalue weighted by Crippen LogP contribution is -2.13. The number of hydrogen-bond acceptors (Lipinski definition) is 4. The first-order valence-electron chi connectivity index (χ1n) is 6.27. The van der Waals surface area contributed by atoms with Gasteiger partial charge in [0.2, 0.25) is 0 Å². The van der Waals surface area contributed by atoms with E-state index in [9.17, 15) is 8.42 Å². The summed E-state index contributed by atoms with van der Waals surface area (Å²) in [5.74, 6) is 0. The molecule has 6 heteroatoms. The van der Waals surface area contributed by atoms with Gasteiger partial charge in [0.25, 0.3) is 10.0 Å². The van der Waals surface area contributed by atoms with E-state index in [4.69, 9.17) is 11.0 Å². The van der Waals surface area contributed by atoms with E-state index in [1.54, 1.807) is 30.3 Å². The number of nitrogens with one attached hydrogen (secondary N) is 1. The monoisotopic (exact) mass is 301 g/mol. The number of rotatable bonds is 4. The minimum Gasteiger partial charge on any atom is -0.398 e. The summed E-state index contributed by atoms with van der Waals surface area (Å²) in [4.78, 5) is 0.117. The average Bonchev–Trinajstić information content (AvgIpc) is 2.44. The lowest BCUT2D eigenvalue weighted by atomic mass is 10.1. The van der Waals surface area contributed by atoms with Gasteiger partial charge in [0.15, 0.2) is 0 Å². The molecule has 0 aromatic heterocycles. The Hall–Kier alpha value is -2.52. The van der Waals surface area contributed by atoms with Crippen LogP contribution < -0.4 is 10.5 Å². The van der Waals surface area contributed by atoms with Crippen LogP contribution in [0.1, 0.15) is 11.1 Å². The summed E-state index contributed by atoms with van der Waals surface area (Å²) < 4.78 is 27.0. The predicted octanol–water partition coefficient (Wildman–Crippen LogP) is 2.44. The van der Waals surface area contributed by atoms with Gasteiger partial charge < -0.3 is 5.73 Å². The molecule has 0 amide bonds. The zero-order valence-electron chi connectivity index (χ0n) is 11.5. The molecule has 5 nitrogen and oxygen atoms in total. The van der Waals surface area contributed by atoms with Gasteiger partial charge >= 0.3 is 0 Å². The molecule has 3 N–H and O–H groups in total. The molecule has 0 radical (unpaired) electrons. The van der Waals surface area contributed by atoms with Gasteiger partial charge in [0.05, 0.1) is 17.4 Å². The maximum absolute atomic E-state index is 12.3. The van der Waals surface area contributed by atoms with Crippen molar-refractivity contribution in [2.45, 2.75) is 18.2 Å². The lowest BCUT2D eigenvalue weighted by Gasteiger charge is -2.10. The average molecular weight is 301 g/mol. The standard InChI is InChI=1S/C15H15N3O2S/c1-11-2-7-14(10-15(11)17)21(19,20)18-13-5-3-12(4-6-13)8-9-16/h2-7,10,18H,8,17H2,1H3. The molecule has 0 heterocycles. The van der Waals surface area contributed by atoms with Crippen LogP contribution in [0.25, 0.3) is 0 Å². The SMILES string of the molecule is Cc1ccc(S(=O)(=O)Nc2ccc(CC#N)cc2)cc1N. The van der Waals surface area contributed by atoms with Crippen LogP contribution in [-0.2, 0) is 16.4 Å². The van der Waals surface area contributed by atoms with Gasteiger partial charge in [0, 0.05) is 11.4 Å². The summed E-state index contributed by atoms with van der Waals surface area (Å²) in [5, 5.41) is 8.60. The zero-order valence-corrected chi connectivity index (χ0v) is 12.3. The van der Waals surface area contributed by atoms with E-state index in [0.717, 1.165) is 11.1 Å². The number of sulfonamides is 1. The lowest BCUT2D eigenvalue weighted by molar-refractivity contribution is 0.601. The summed E-state index contributed by atoms with van der Waals surface area (Å²) in [6.45, 7) is 1.81. The van der Waals surface area contributed by atoms with Gasteiger partial charge in [-0.15, -0.1) is 0 Å². The highest BCUT2D eigenvalue weighted by Gasteiger charge is 2.15. The molecule has 21 heavy (non-hydrogen) atoms. The fourth-order valence-corrected chi connectivity index (χ4v) is 2.88. The molecule has 2 aromatic carbocycles. The smallest absolute Gasteiger partial charge is 0.261 e. The Balaban J connectivity index is 2.24. The van der Waals surface area contributed by atoms with Gasteiger partial charge in [-0.25, -0.2) is 8.42 Å². The molecule has 108 valence electrons. The van der Waals surface area contributed by atoms with Crippen molar-refractivity contribution in [2.24, 2.45) is 0 Å². The quantitative estimate of drug-likeness (QED) is 0.848. The van der Waals surface area contributed by atoms with E-state index in [1.807, 2.05) is 13.0 Å². The van der Waals surface area contributed by atoms with Crippen LogP contribution in [0.4, 0.5) is 11.4 Å². The van der Waals surface area contributed by atoms with Gasteiger partial charge in [-0.2, -0.15) is 5.26 Å². The fourth-order valence-electron chi connectivity index (χ4n) is 1.78. The van der Waals surface area contributed by atoms with Crippen molar-refractivity contribution in [1.82, 2.24) is 0 Å². The molecule has 0 atom stereocenters. The Kier molecular flexibility index (Phi) is 4.15. The molecule has 2 rings (SSSR count). The molecule has 2 aromatic rings. The van der Waals surface area contributed by atoms with E-state index >= 15 is 0 Å². The summed E-state index contributed by atoms with van der Waals surface area (Å²) >= 11 is 0. The third kappa shape index (κ3) is 3.52. The Labute approximate surface area is 124 Å². The van der Waals surface area contributed by atoms with Gasteiger partial charge in [-0.05, 0) is 42.3 Å². The van der Waals surface area contributed by atoms with Crippen LogP contribution in [0.2, 0.25) is 0 Å². The highest BCUT2D eigenvalue weighted by atomic mass is 32.2. The zero-order chi connectivity index (χ0) is 15.5. The maximum atomic E-state index is 12.3. The van der Waals surface area contributed by atoms with E-state index in [2.05, 4.69) is 4.72 Å². The second kappa shape index (κ2) is 5.85. The van der Waals surface area contributed by atoms with Crippen LogP contribution in [0.15, 0.2) is 47.4 Å². The van der Waals surface area contributed by atoms with Crippen LogP contribution in [0.5, 0.6) is 0 Å². The number of anilines is 2. The number of aryl methyl sites for hydroxylation is 1. The molecule has 0 spiro atoms. The normalized spacial score (nSPS) is 10.9. The summed E-state index contributed by atoms with van der Waals surface area (Å²) in [5.41, 5.74) is 8.28. The van der Waals surface area contributed by atoms with Crippen LogP contribution in [0, 0.1) is 18.3 Å². The molecule has 0 bridgehead atoms. The third-order valence-electron chi connectivity index (χ3n) is 3.05. The van der Waals surface area contributed by atoms with Crippen LogP contribution >= 0.6 is 0 Å². The summed E-state index contributed by atoms with van der Waals surface area (Å²) in [6, 6.07) is 13.3. The summed E-state index contributed by atoms with van der Waals surface area (Å²) in [7, 11) is -3.67. The molecule has 0 fully saturated rings. The van der Waals surface area contributed by atoms with E-state index < -0.39 is 10.0 Å². The minimum absolute atomic E-state index is 0.117. The highest BCUT2D eigenvalue weighted by molar-refractivity contribution is 7.92. The van der Waals surface area contributed by atoms with Crippen molar-refractivity contribution in [3.05, 3.63) is 53.6 Å². The fraction of sp³-hybridized carbons (Fsp3) is 0.133. The third-order valence-corrected chi connectivity index (χ3v) is 4.43. The van der Waals surface area contributed by atoms with Gasteiger partial charge in [0.1, 0.15) is 0 Å². The molecular weight excluding hydrogens is 286 g/mol. The van der Waals surface area contributed by atoms with Crippen LogP contribution in [-0.4, -0.2) is 8.42 Å².